The van der Waals surface area contributed by atoms with E-state index in [1.807, 2.05) is 55.5 Å². The molecule has 1 saturated heterocycles. The van der Waals surface area contributed by atoms with Crippen LogP contribution in [0.25, 0.3) is 0 Å². The van der Waals surface area contributed by atoms with Crippen LogP contribution in [0, 0.1) is 6.92 Å². The van der Waals surface area contributed by atoms with E-state index in [0.717, 1.165) is 37.1 Å². The van der Waals surface area contributed by atoms with E-state index >= 15 is 0 Å². The van der Waals surface area contributed by atoms with E-state index in [0.29, 0.717) is 21.3 Å². The molecule has 144 valence electrons. The lowest BCUT2D eigenvalue weighted by molar-refractivity contribution is 0.0571. The summed E-state index contributed by atoms with van der Waals surface area (Å²) in [6.45, 7) is 3.75. The van der Waals surface area contributed by atoms with Gasteiger partial charge in [0.1, 0.15) is 16.4 Å². The van der Waals surface area contributed by atoms with Gasteiger partial charge < -0.3 is 4.90 Å². The average Bonchev–Trinajstić information content (AvgIpc) is 2.97. The van der Waals surface area contributed by atoms with Crippen LogP contribution in [-0.2, 0) is 0 Å². The Kier molecular flexibility index (Phi) is 5.08. The third-order valence-corrected chi connectivity index (χ3v) is 6.18. The number of hydrogen-bond donors (Lipinski definition) is 0. The average molecular weight is 412 g/mol. The van der Waals surface area contributed by atoms with Crippen LogP contribution in [0.5, 0.6) is 0 Å². The largest absolute Gasteiger partial charge is 0.306 e. The van der Waals surface area contributed by atoms with Crippen LogP contribution in [0.2, 0.25) is 5.02 Å². The SMILES string of the molecule is Cc1ccc(C(=O)N2C(=S)C(c3ccc(Cl)cc3)=NC23CCN(C)CC3)cc1. The molecule has 2 heterocycles. The lowest BCUT2D eigenvalue weighted by Gasteiger charge is -2.41. The maximum absolute atomic E-state index is 13.5. The third kappa shape index (κ3) is 3.39. The molecule has 4 rings (SSSR count). The Balaban J connectivity index is 1.76. The number of aryl methyl sites for hydroxylation is 1. The molecule has 0 radical (unpaired) electrons. The number of carbonyl (C=O) groups is 1. The topological polar surface area (TPSA) is 35.9 Å². The number of rotatable bonds is 2. The van der Waals surface area contributed by atoms with Gasteiger partial charge in [-0.25, -0.2) is 0 Å². The summed E-state index contributed by atoms with van der Waals surface area (Å²) >= 11 is 11.8. The molecule has 2 aromatic carbocycles. The maximum atomic E-state index is 13.5. The minimum Gasteiger partial charge on any atom is -0.306 e. The smallest absolute Gasteiger partial charge is 0.260 e. The molecule has 0 aromatic heterocycles. The standard InChI is InChI=1S/C22H22ClN3OS/c1-15-3-5-17(6-4-15)20(27)26-21(28)19(16-7-9-18(23)10-8-16)24-22(26)11-13-25(2)14-12-22/h3-10H,11-14H2,1-2H3. The van der Waals surface area contributed by atoms with E-state index in [2.05, 4.69) is 11.9 Å². The number of likely N-dealkylation sites (tertiary alicyclic amines) is 1. The first-order valence-electron chi connectivity index (χ1n) is 9.39. The van der Waals surface area contributed by atoms with Crippen molar-refractivity contribution in [2.24, 2.45) is 4.99 Å². The van der Waals surface area contributed by atoms with Crippen molar-refractivity contribution in [3.05, 3.63) is 70.2 Å². The number of piperidine rings is 1. The highest BCUT2D eigenvalue weighted by atomic mass is 35.5. The van der Waals surface area contributed by atoms with Gasteiger partial charge in [0.15, 0.2) is 0 Å². The number of thiocarbonyl (C=S) groups is 1. The van der Waals surface area contributed by atoms with Gasteiger partial charge in [0.2, 0.25) is 0 Å². The fraction of sp³-hybridized carbons (Fsp3) is 0.318. The van der Waals surface area contributed by atoms with Gasteiger partial charge in [0.25, 0.3) is 5.91 Å². The lowest BCUT2D eigenvalue weighted by Crippen LogP contribution is -2.54. The molecule has 0 atom stereocenters. The number of aliphatic imine (C=N–C) groups is 1. The second-order valence-corrected chi connectivity index (χ2v) is 8.39. The Morgan fingerprint density at radius 3 is 2.29 bits per heavy atom. The van der Waals surface area contributed by atoms with E-state index in [1.54, 1.807) is 4.90 Å². The highest BCUT2D eigenvalue weighted by Gasteiger charge is 2.49. The zero-order valence-corrected chi connectivity index (χ0v) is 17.6. The van der Waals surface area contributed by atoms with Crippen LogP contribution in [0.15, 0.2) is 53.5 Å². The van der Waals surface area contributed by atoms with Crippen molar-refractivity contribution in [1.82, 2.24) is 9.80 Å². The first kappa shape index (κ1) is 19.2. The van der Waals surface area contributed by atoms with Crippen LogP contribution < -0.4 is 0 Å². The van der Waals surface area contributed by atoms with Crippen molar-refractivity contribution >= 4 is 40.4 Å². The van der Waals surface area contributed by atoms with Gasteiger partial charge in [-0.2, -0.15) is 0 Å². The van der Waals surface area contributed by atoms with Gasteiger partial charge in [-0.3, -0.25) is 14.7 Å². The summed E-state index contributed by atoms with van der Waals surface area (Å²) in [5, 5.41) is 0.662. The van der Waals surface area contributed by atoms with Gasteiger partial charge in [-0.1, -0.05) is 53.6 Å². The predicted octanol–water partition coefficient (Wildman–Crippen LogP) is 4.34. The lowest BCUT2D eigenvalue weighted by atomic mass is 9.95. The van der Waals surface area contributed by atoms with E-state index in [1.165, 1.54) is 0 Å². The van der Waals surface area contributed by atoms with Crippen molar-refractivity contribution in [2.75, 3.05) is 20.1 Å². The Morgan fingerprint density at radius 2 is 1.68 bits per heavy atom. The number of amides is 1. The van der Waals surface area contributed by atoms with Crippen LogP contribution in [0.4, 0.5) is 0 Å². The second-order valence-electron chi connectivity index (χ2n) is 7.56. The van der Waals surface area contributed by atoms with E-state index in [9.17, 15) is 4.79 Å². The molecule has 1 amide bonds. The van der Waals surface area contributed by atoms with E-state index < -0.39 is 5.66 Å². The fourth-order valence-electron chi connectivity index (χ4n) is 3.82. The molecule has 6 heteroatoms. The summed E-state index contributed by atoms with van der Waals surface area (Å²) in [5.41, 5.74) is 2.75. The summed E-state index contributed by atoms with van der Waals surface area (Å²) in [6, 6.07) is 15.1. The Hall–Kier alpha value is -2.08. The first-order valence-corrected chi connectivity index (χ1v) is 10.2. The molecule has 1 fully saturated rings. The molecule has 0 aliphatic carbocycles. The molecule has 0 unspecified atom stereocenters. The van der Waals surface area contributed by atoms with Gasteiger partial charge in [-0.15, -0.1) is 0 Å². The molecule has 0 bridgehead atoms. The number of hydrogen-bond acceptors (Lipinski definition) is 4. The Morgan fingerprint density at radius 1 is 1.07 bits per heavy atom. The number of benzene rings is 2. The summed E-state index contributed by atoms with van der Waals surface area (Å²) in [6.07, 6.45) is 1.52. The van der Waals surface area contributed by atoms with Crippen LogP contribution in [0.1, 0.15) is 34.3 Å². The first-order chi connectivity index (χ1) is 13.4. The minimum atomic E-state index is -0.611. The normalized spacial score (nSPS) is 19.2. The third-order valence-electron chi connectivity index (χ3n) is 5.55. The molecule has 0 saturated carbocycles. The number of carbonyl (C=O) groups excluding carboxylic acids is 1. The highest BCUT2D eigenvalue weighted by molar-refractivity contribution is 7.82. The quantitative estimate of drug-likeness (QED) is 0.689. The molecule has 1 spiro atoms. The number of nitrogens with zero attached hydrogens (tertiary/aromatic N) is 3. The molecule has 28 heavy (non-hydrogen) atoms. The summed E-state index contributed by atoms with van der Waals surface area (Å²) in [7, 11) is 2.09. The van der Waals surface area contributed by atoms with E-state index in [-0.39, 0.29) is 5.91 Å². The maximum Gasteiger partial charge on any atom is 0.260 e. The van der Waals surface area contributed by atoms with Gasteiger partial charge >= 0.3 is 0 Å². The molecule has 2 aliphatic heterocycles. The monoisotopic (exact) mass is 411 g/mol. The molecular weight excluding hydrogens is 390 g/mol. The summed E-state index contributed by atoms with van der Waals surface area (Å²) in [4.78, 5) is 23.0. The minimum absolute atomic E-state index is 0.0812. The molecule has 2 aromatic rings. The second kappa shape index (κ2) is 7.39. The Labute approximate surface area is 175 Å². The summed E-state index contributed by atoms with van der Waals surface area (Å²) in [5.74, 6) is -0.0812. The van der Waals surface area contributed by atoms with Crippen molar-refractivity contribution in [3.8, 4) is 0 Å². The predicted molar refractivity (Wildman–Crippen MR) is 117 cm³/mol. The zero-order valence-electron chi connectivity index (χ0n) is 16.0. The van der Waals surface area contributed by atoms with Crippen LogP contribution in [0.3, 0.4) is 0 Å². The van der Waals surface area contributed by atoms with Crippen molar-refractivity contribution < 1.29 is 4.79 Å². The molecule has 4 nitrogen and oxygen atoms in total. The fourth-order valence-corrected chi connectivity index (χ4v) is 4.36. The van der Waals surface area contributed by atoms with Crippen molar-refractivity contribution in [1.29, 1.82) is 0 Å². The van der Waals surface area contributed by atoms with Gasteiger partial charge in [-0.05, 0) is 38.2 Å². The van der Waals surface area contributed by atoms with Crippen LogP contribution >= 0.6 is 23.8 Å². The molecular formula is C22H22ClN3OS. The highest BCUT2D eigenvalue weighted by Crippen LogP contribution is 2.38. The van der Waals surface area contributed by atoms with Gasteiger partial charge in [0, 0.05) is 42.1 Å². The zero-order chi connectivity index (χ0) is 19.9. The molecule has 0 N–H and O–H groups in total. The van der Waals surface area contributed by atoms with Crippen LogP contribution in [-0.4, -0.2) is 52.2 Å². The summed E-state index contributed by atoms with van der Waals surface area (Å²) < 4.78 is 0. The van der Waals surface area contributed by atoms with E-state index in [4.69, 9.17) is 28.8 Å². The number of halogens is 1. The van der Waals surface area contributed by atoms with Gasteiger partial charge in [0.05, 0.1) is 0 Å². The van der Waals surface area contributed by atoms with Crippen molar-refractivity contribution in [2.45, 2.75) is 25.4 Å². The van der Waals surface area contributed by atoms with Crippen molar-refractivity contribution in [3.63, 3.8) is 0 Å². The molecule has 2 aliphatic rings. The Bertz CT molecular complexity index is 945.